The monoisotopic (exact) mass is 346 g/mol. The molecule has 2 heterocycles. The zero-order valence-electron chi connectivity index (χ0n) is 13.5. The highest BCUT2D eigenvalue weighted by molar-refractivity contribution is 5.41. The minimum atomic E-state index is -0.744. The smallest absolute Gasteiger partial charge is 0.287 e. The van der Waals surface area contributed by atoms with Crippen molar-refractivity contribution in [1.82, 2.24) is 9.88 Å². The van der Waals surface area contributed by atoms with Gasteiger partial charge in [-0.05, 0) is 30.2 Å². The van der Waals surface area contributed by atoms with Crippen LogP contribution in [0.25, 0.3) is 0 Å². The van der Waals surface area contributed by atoms with E-state index in [4.69, 9.17) is 0 Å². The molecule has 0 spiro atoms. The number of nitrogens with zero attached hydrogens (tertiary/aromatic N) is 3. The van der Waals surface area contributed by atoms with E-state index in [1.54, 1.807) is 18.2 Å². The third kappa shape index (κ3) is 4.49. The molecule has 0 amide bonds. The summed E-state index contributed by atoms with van der Waals surface area (Å²) in [6.07, 6.45) is 1.35. The minimum absolute atomic E-state index is 0.0446. The zero-order chi connectivity index (χ0) is 17.8. The minimum Gasteiger partial charge on any atom is -0.387 e. The van der Waals surface area contributed by atoms with E-state index in [0.717, 1.165) is 13.0 Å². The Bertz CT molecular complexity index is 741. The molecule has 1 saturated heterocycles. The number of aliphatic hydroxyl groups is 1. The average Bonchev–Trinajstić information content (AvgIpc) is 3.02. The van der Waals surface area contributed by atoms with Crippen molar-refractivity contribution in [3.05, 3.63) is 64.1 Å². The molecule has 2 atom stereocenters. The molecule has 132 valence electrons. The van der Waals surface area contributed by atoms with Crippen molar-refractivity contribution >= 4 is 11.5 Å². The molecule has 1 aromatic heterocycles. The van der Waals surface area contributed by atoms with E-state index in [9.17, 15) is 19.6 Å². The van der Waals surface area contributed by atoms with E-state index in [2.05, 4.69) is 15.2 Å². The number of nitrogens with one attached hydrogen (secondary N) is 1. The van der Waals surface area contributed by atoms with Crippen LogP contribution in [0.3, 0.4) is 0 Å². The molecule has 2 N–H and O–H groups in total. The lowest BCUT2D eigenvalue weighted by Gasteiger charge is -2.20. The van der Waals surface area contributed by atoms with Gasteiger partial charge in [-0.2, -0.15) is 0 Å². The summed E-state index contributed by atoms with van der Waals surface area (Å²) in [7, 11) is 0. The van der Waals surface area contributed by atoms with E-state index in [1.807, 2.05) is 0 Å². The van der Waals surface area contributed by atoms with Crippen molar-refractivity contribution < 1.29 is 14.4 Å². The quantitative estimate of drug-likeness (QED) is 0.616. The van der Waals surface area contributed by atoms with E-state index < -0.39 is 11.0 Å². The van der Waals surface area contributed by atoms with Gasteiger partial charge in [0.15, 0.2) is 0 Å². The molecular formula is C17H19FN4O3. The average molecular weight is 346 g/mol. The van der Waals surface area contributed by atoms with Crippen LogP contribution < -0.4 is 5.32 Å². The number of β-amino-alcohol motifs (C(OH)–C–C–N with tert-alkyl or cyclic N) is 1. The highest BCUT2D eigenvalue weighted by atomic mass is 19.1. The number of nitro groups is 1. The number of hydrogen-bond acceptors (Lipinski definition) is 6. The third-order valence-corrected chi connectivity index (χ3v) is 4.25. The summed E-state index contributed by atoms with van der Waals surface area (Å²) in [6, 6.07) is 9.13. The normalized spacial score (nSPS) is 18.9. The van der Waals surface area contributed by atoms with Gasteiger partial charge in [-0.25, -0.2) is 9.37 Å². The van der Waals surface area contributed by atoms with Gasteiger partial charge in [0.05, 0.1) is 11.0 Å². The molecule has 0 saturated carbocycles. The van der Waals surface area contributed by atoms with Crippen molar-refractivity contribution in [2.24, 2.45) is 0 Å². The number of anilines is 1. The van der Waals surface area contributed by atoms with Crippen LogP contribution in [0.15, 0.2) is 42.6 Å². The summed E-state index contributed by atoms with van der Waals surface area (Å²) in [4.78, 5) is 16.3. The highest BCUT2D eigenvalue weighted by Crippen LogP contribution is 2.20. The summed E-state index contributed by atoms with van der Waals surface area (Å²) in [5.74, 6) is 0.227. The molecule has 3 rings (SSSR count). The van der Waals surface area contributed by atoms with E-state index in [-0.39, 0.29) is 17.5 Å². The van der Waals surface area contributed by atoms with Crippen molar-refractivity contribution in [1.29, 1.82) is 0 Å². The maximum Gasteiger partial charge on any atom is 0.287 e. The predicted molar refractivity (Wildman–Crippen MR) is 90.7 cm³/mol. The van der Waals surface area contributed by atoms with Crippen LogP contribution in [0.2, 0.25) is 0 Å². The Balaban J connectivity index is 1.52. The van der Waals surface area contributed by atoms with Crippen molar-refractivity contribution in [2.45, 2.75) is 18.6 Å². The second-order valence-corrected chi connectivity index (χ2v) is 6.12. The maximum absolute atomic E-state index is 13.2. The van der Waals surface area contributed by atoms with Crippen molar-refractivity contribution in [3.63, 3.8) is 0 Å². The first-order chi connectivity index (χ1) is 12.0. The van der Waals surface area contributed by atoms with Gasteiger partial charge < -0.3 is 10.4 Å². The van der Waals surface area contributed by atoms with Gasteiger partial charge in [0, 0.05) is 31.7 Å². The maximum atomic E-state index is 13.2. The SMILES string of the molecule is O=[N+]([O-])c1ccc(N[C@@H]2CCN(C[C@H](O)c3cccc(F)c3)C2)nc1. The molecule has 1 fully saturated rings. The molecule has 1 aliphatic heterocycles. The van der Waals surface area contributed by atoms with Crippen molar-refractivity contribution in [2.75, 3.05) is 25.0 Å². The number of aliphatic hydroxyl groups excluding tert-OH is 1. The van der Waals surface area contributed by atoms with Gasteiger partial charge in [0.1, 0.15) is 17.8 Å². The molecule has 7 nitrogen and oxygen atoms in total. The van der Waals surface area contributed by atoms with Crippen molar-refractivity contribution in [3.8, 4) is 0 Å². The Labute approximate surface area is 144 Å². The fourth-order valence-corrected chi connectivity index (χ4v) is 2.97. The van der Waals surface area contributed by atoms with Crippen LogP contribution in [-0.2, 0) is 0 Å². The number of benzene rings is 1. The number of halogens is 1. The Hall–Kier alpha value is -2.58. The lowest BCUT2D eigenvalue weighted by Crippen LogP contribution is -2.30. The first kappa shape index (κ1) is 17.2. The van der Waals surface area contributed by atoms with Crippen LogP contribution in [0.4, 0.5) is 15.9 Å². The summed E-state index contributed by atoms with van der Waals surface area (Å²) in [5, 5.41) is 24.1. The van der Waals surface area contributed by atoms with Gasteiger partial charge in [0.2, 0.25) is 0 Å². The molecular weight excluding hydrogens is 327 g/mol. The molecule has 0 bridgehead atoms. The topological polar surface area (TPSA) is 91.5 Å². The van der Waals surface area contributed by atoms with Crippen LogP contribution in [0.1, 0.15) is 18.1 Å². The van der Waals surface area contributed by atoms with Gasteiger partial charge in [-0.3, -0.25) is 15.0 Å². The zero-order valence-corrected chi connectivity index (χ0v) is 13.5. The lowest BCUT2D eigenvalue weighted by molar-refractivity contribution is -0.385. The third-order valence-electron chi connectivity index (χ3n) is 4.25. The molecule has 1 aromatic carbocycles. The Morgan fingerprint density at radius 2 is 2.28 bits per heavy atom. The van der Waals surface area contributed by atoms with Gasteiger partial charge in [0.25, 0.3) is 5.69 Å². The van der Waals surface area contributed by atoms with Crippen LogP contribution >= 0.6 is 0 Å². The number of aromatic nitrogens is 1. The molecule has 1 aliphatic rings. The summed E-state index contributed by atoms with van der Waals surface area (Å²) in [5.41, 5.74) is 0.519. The van der Waals surface area contributed by atoms with Crippen LogP contribution in [0, 0.1) is 15.9 Å². The van der Waals surface area contributed by atoms with Gasteiger partial charge >= 0.3 is 0 Å². The van der Waals surface area contributed by atoms with Gasteiger partial charge in [-0.1, -0.05) is 12.1 Å². The van der Waals surface area contributed by atoms with Crippen LogP contribution in [-0.4, -0.2) is 45.6 Å². The number of pyridine rings is 1. The molecule has 25 heavy (non-hydrogen) atoms. The largest absolute Gasteiger partial charge is 0.387 e. The van der Waals surface area contributed by atoms with E-state index >= 15 is 0 Å². The first-order valence-electron chi connectivity index (χ1n) is 8.04. The van der Waals surface area contributed by atoms with Crippen LogP contribution in [0.5, 0.6) is 0 Å². The first-order valence-corrected chi connectivity index (χ1v) is 8.04. The predicted octanol–water partition coefficient (Wildman–Crippen LogP) is 2.35. The summed E-state index contributed by atoms with van der Waals surface area (Å²) >= 11 is 0. The molecule has 0 radical (unpaired) electrons. The second-order valence-electron chi connectivity index (χ2n) is 6.12. The highest BCUT2D eigenvalue weighted by Gasteiger charge is 2.25. The number of rotatable bonds is 6. The number of hydrogen-bond donors (Lipinski definition) is 2. The Kier molecular flexibility index (Phi) is 5.20. The lowest BCUT2D eigenvalue weighted by atomic mass is 10.1. The molecule has 0 unspecified atom stereocenters. The van der Waals surface area contributed by atoms with E-state index in [1.165, 1.54) is 24.4 Å². The van der Waals surface area contributed by atoms with E-state index in [0.29, 0.717) is 24.5 Å². The Morgan fingerprint density at radius 3 is 2.96 bits per heavy atom. The standard InChI is InChI=1S/C17H19FN4O3/c18-13-3-1-2-12(8-13)16(23)11-21-7-6-14(10-21)20-17-5-4-15(9-19-17)22(24)25/h1-5,8-9,14,16,23H,6-7,10-11H2,(H,19,20)/t14-,16+/m1/s1. The molecule has 8 heteroatoms. The molecule has 2 aromatic rings. The summed E-state index contributed by atoms with van der Waals surface area (Å²) < 4.78 is 13.2. The second kappa shape index (κ2) is 7.54. The fourth-order valence-electron chi connectivity index (χ4n) is 2.97. The fraction of sp³-hybridized carbons (Fsp3) is 0.353. The number of likely N-dealkylation sites (tertiary alicyclic amines) is 1. The summed E-state index contributed by atoms with van der Waals surface area (Å²) in [6.45, 7) is 1.94. The Morgan fingerprint density at radius 1 is 1.44 bits per heavy atom. The molecule has 0 aliphatic carbocycles. The van der Waals surface area contributed by atoms with Gasteiger partial charge in [-0.15, -0.1) is 0 Å².